The van der Waals surface area contributed by atoms with Crippen molar-refractivity contribution in [3.63, 3.8) is 0 Å². The summed E-state index contributed by atoms with van der Waals surface area (Å²) in [5.74, 6) is -0.803. The van der Waals surface area contributed by atoms with Crippen LogP contribution in [0.2, 0.25) is 0 Å². The fourth-order valence-electron chi connectivity index (χ4n) is 1.71. The summed E-state index contributed by atoms with van der Waals surface area (Å²) in [5, 5.41) is 9.78. The summed E-state index contributed by atoms with van der Waals surface area (Å²) in [6.07, 6.45) is 0.0633. The molecule has 0 aliphatic heterocycles. The van der Waals surface area contributed by atoms with E-state index in [1.54, 1.807) is 0 Å². The Hall–Kier alpha value is -1.29. The van der Waals surface area contributed by atoms with Crippen LogP contribution in [0.25, 0.3) is 10.9 Å². The van der Waals surface area contributed by atoms with Crippen LogP contribution < -0.4 is 0 Å². The molecular weight excluding hydrogens is 258 g/mol. The van der Waals surface area contributed by atoms with E-state index >= 15 is 0 Å². The zero-order valence-corrected chi connectivity index (χ0v) is 9.78. The summed E-state index contributed by atoms with van der Waals surface area (Å²) in [6.45, 7) is 0. The average Bonchev–Trinajstić information content (AvgIpc) is 2.45. The molecule has 2 rings (SSSR count). The first-order valence-corrected chi connectivity index (χ1v) is 5.33. The predicted molar refractivity (Wildman–Crippen MR) is 62.0 cm³/mol. The lowest BCUT2D eigenvalue weighted by Crippen LogP contribution is -2.00. The van der Waals surface area contributed by atoms with E-state index in [1.807, 2.05) is 35.9 Å². The van der Waals surface area contributed by atoms with Crippen molar-refractivity contribution < 1.29 is 9.90 Å². The van der Waals surface area contributed by atoms with Gasteiger partial charge in [-0.3, -0.25) is 4.79 Å². The Morgan fingerprint density at radius 3 is 2.93 bits per heavy atom. The normalized spacial score (nSPS) is 10.8. The third-order valence-electron chi connectivity index (χ3n) is 2.46. The maximum Gasteiger partial charge on any atom is 0.307 e. The van der Waals surface area contributed by atoms with Gasteiger partial charge in [0.15, 0.2) is 0 Å². The van der Waals surface area contributed by atoms with Crippen LogP contribution in [0.5, 0.6) is 0 Å². The molecule has 4 heteroatoms. The largest absolute Gasteiger partial charge is 0.481 e. The molecule has 0 amide bonds. The number of nitrogens with zero attached hydrogens (tertiary/aromatic N) is 1. The Kier molecular flexibility index (Phi) is 2.52. The smallest absolute Gasteiger partial charge is 0.307 e. The minimum Gasteiger partial charge on any atom is -0.481 e. The molecule has 0 saturated carbocycles. The summed E-state index contributed by atoms with van der Waals surface area (Å²) >= 11 is 3.42. The number of aryl methyl sites for hydroxylation is 1. The van der Waals surface area contributed by atoms with Crippen LogP contribution in [0, 0.1) is 0 Å². The highest BCUT2D eigenvalue weighted by molar-refractivity contribution is 9.10. The third-order valence-corrected chi connectivity index (χ3v) is 3.22. The number of hydrogen-bond donors (Lipinski definition) is 1. The zero-order valence-electron chi connectivity index (χ0n) is 8.20. The highest BCUT2D eigenvalue weighted by Gasteiger charge is 2.09. The number of aliphatic carboxylic acids is 1. The summed E-state index contributed by atoms with van der Waals surface area (Å²) < 4.78 is 2.94. The van der Waals surface area contributed by atoms with E-state index in [1.165, 1.54) is 0 Å². The molecule has 0 fully saturated rings. The molecule has 0 aliphatic carbocycles. The molecule has 0 bridgehead atoms. The zero-order chi connectivity index (χ0) is 11.0. The van der Waals surface area contributed by atoms with E-state index in [9.17, 15) is 4.79 Å². The number of carboxylic acid groups (broad SMARTS) is 1. The Labute approximate surface area is 95.5 Å². The lowest BCUT2D eigenvalue weighted by atomic mass is 10.1. The van der Waals surface area contributed by atoms with Crippen LogP contribution in [0.3, 0.4) is 0 Å². The maximum absolute atomic E-state index is 10.7. The molecule has 0 aliphatic rings. The van der Waals surface area contributed by atoms with Gasteiger partial charge in [-0.2, -0.15) is 0 Å². The van der Waals surface area contributed by atoms with E-state index < -0.39 is 5.97 Å². The van der Waals surface area contributed by atoms with Gasteiger partial charge in [0.05, 0.1) is 11.0 Å². The minimum absolute atomic E-state index is 0.0633. The highest BCUT2D eigenvalue weighted by Crippen LogP contribution is 2.25. The second-order valence-corrected chi connectivity index (χ2v) is 4.26. The summed E-state index contributed by atoms with van der Waals surface area (Å²) in [6, 6.07) is 7.66. The van der Waals surface area contributed by atoms with Crippen LogP contribution >= 0.6 is 15.9 Å². The van der Waals surface area contributed by atoms with Gasteiger partial charge in [-0.25, -0.2) is 0 Å². The van der Waals surface area contributed by atoms with E-state index in [0.717, 1.165) is 21.1 Å². The summed E-state index contributed by atoms with van der Waals surface area (Å²) in [7, 11) is 1.94. The van der Waals surface area contributed by atoms with Crippen molar-refractivity contribution in [3.8, 4) is 0 Å². The predicted octanol–water partition coefficient (Wildman–Crippen LogP) is 2.57. The first-order chi connectivity index (χ1) is 7.09. The molecule has 1 aromatic heterocycles. The molecule has 0 saturated heterocycles. The molecule has 0 unspecified atom stereocenters. The molecular formula is C11H10BrNO2. The van der Waals surface area contributed by atoms with E-state index in [2.05, 4.69) is 15.9 Å². The van der Waals surface area contributed by atoms with Crippen LogP contribution in [0.1, 0.15) is 5.56 Å². The van der Waals surface area contributed by atoms with Crippen molar-refractivity contribution in [2.24, 2.45) is 7.05 Å². The molecule has 15 heavy (non-hydrogen) atoms. The van der Waals surface area contributed by atoms with Crippen molar-refractivity contribution >= 4 is 32.8 Å². The highest BCUT2D eigenvalue weighted by atomic mass is 79.9. The number of halogens is 1. The molecule has 78 valence electrons. The lowest BCUT2D eigenvalue weighted by molar-refractivity contribution is -0.136. The Morgan fingerprint density at radius 1 is 1.53 bits per heavy atom. The molecule has 3 nitrogen and oxygen atoms in total. The monoisotopic (exact) mass is 267 g/mol. The Morgan fingerprint density at radius 2 is 2.27 bits per heavy atom. The van der Waals surface area contributed by atoms with Gasteiger partial charge in [0.1, 0.15) is 0 Å². The molecule has 0 atom stereocenters. The van der Waals surface area contributed by atoms with Crippen molar-refractivity contribution in [2.75, 3.05) is 0 Å². The van der Waals surface area contributed by atoms with Crippen molar-refractivity contribution in [2.45, 2.75) is 6.42 Å². The Balaban J connectivity index is 2.65. The number of rotatable bonds is 2. The van der Waals surface area contributed by atoms with Gasteiger partial charge in [0, 0.05) is 18.0 Å². The van der Waals surface area contributed by atoms with Crippen LogP contribution in [0.4, 0.5) is 0 Å². The SMILES string of the molecule is Cn1c(Br)cc2c(CC(=O)O)cccc21. The quantitative estimate of drug-likeness (QED) is 0.909. The van der Waals surface area contributed by atoms with Gasteiger partial charge >= 0.3 is 5.97 Å². The average molecular weight is 268 g/mol. The molecule has 1 heterocycles. The Bertz CT molecular complexity index is 531. The van der Waals surface area contributed by atoms with Crippen LogP contribution in [-0.2, 0) is 18.3 Å². The number of aromatic nitrogens is 1. The summed E-state index contributed by atoms with van der Waals surface area (Å²) in [5.41, 5.74) is 1.89. The van der Waals surface area contributed by atoms with Crippen molar-refractivity contribution in [1.29, 1.82) is 0 Å². The number of hydrogen-bond acceptors (Lipinski definition) is 1. The standard InChI is InChI=1S/C11H10BrNO2/c1-13-9-4-2-3-7(5-11(14)15)8(9)6-10(13)12/h2-4,6H,5H2,1H3,(H,14,15). The second-order valence-electron chi connectivity index (χ2n) is 3.45. The number of fused-ring (bicyclic) bond motifs is 1. The molecule has 0 radical (unpaired) electrons. The lowest BCUT2D eigenvalue weighted by Gasteiger charge is -2.01. The number of carboxylic acids is 1. The first kappa shape index (κ1) is 10.2. The third kappa shape index (κ3) is 1.77. The van der Waals surface area contributed by atoms with Gasteiger partial charge in [0.25, 0.3) is 0 Å². The van der Waals surface area contributed by atoms with E-state index in [0.29, 0.717) is 0 Å². The van der Waals surface area contributed by atoms with Gasteiger partial charge in [-0.1, -0.05) is 12.1 Å². The summed E-state index contributed by atoms with van der Waals surface area (Å²) in [4.78, 5) is 10.7. The number of carbonyl (C=O) groups is 1. The van der Waals surface area contributed by atoms with Gasteiger partial charge in [-0.05, 0) is 33.6 Å². The maximum atomic E-state index is 10.7. The molecule has 2 aromatic rings. The van der Waals surface area contributed by atoms with Crippen molar-refractivity contribution in [1.82, 2.24) is 4.57 Å². The van der Waals surface area contributed by atoms with Gasteiger partial charge in [-0.15, -0.1) is 0 Å². The van der Waals surface area contributed by atoms with Crippen molar-refractivity contribution in [3.05, 3.63) is 34.4 Å². The fourth-order valence-corrected chi connectivity index (χ4v) is 2.13. The topological polar surface area (TPSA) is 42.2 Å². The second kappa shape index (κ2) is 3.70. The van der Waals surface area contributed by atoms with Crippen LogP contribution in [-0.4, -0.2) is 15.6 Å². The first-order valence-electron chi connectivity index (χ1n) is 4.54. The van der Waals surface area contributed by atoms with E-state index in [4.69, 9.17) is 5.11 Å². The molecule has 0 spiro atoms. The minimum atomic E-state index is -0.803. The van der Waals surface area contributed by atoms with Crippen LogP contribution in [0.15, 0.2) is 28.9 Å². The van der Waals surface area contributed by atoms with E-state index in [-0.39, 0.29) is 6.42 Å². The fraction of sp³-hybridized carbons (Fsp3) is 0.182. The van der Waals surface area contributed by atoms with Gasteiger partial charge < -0.3 is 9.67 Å². The molecule has 1 aromatic carbocycles. The molecule has 1 N–H and O–H groups in total. The number of benzene rings is 1. The van der Waals surface area contributed by atoms with Gasteiger partial charge in [0.2, 0.25) is 0 Å².